The standard InChI is InChI=1S/C16H23N5/c1-12(2)21-16(18-11-19-21)10-20(15-7-8-15)9-13-3-5-14(17)6-4-13/h3-6,11-12,15H,7-10,17H2,1-2H3. The van der Waals surface area contributed by atoms with Crippen LogP contribution in [0.1, 0.15) is 44.1 Å². The van der Waals surface area contributed by atoms with Crippen LogP contribution in [0.5, 0.6) is 0 Å². The third-order valence-electron chi connectivity index (χ3n) is 3.91. The van der Waals surface area contributed by atoms with Gasteiger partial charge in [0.1, 0.15) is 12.2 Å². The van der Waals surface area contributed by atoms with E-state index in [1.807, 2.05) is 16.8 Å². The van der Waals surface area contributed by atoms with Gasteiger partial charge >= 0.3 is 0 Å². The van der Waals surface area contributed by atoms with Gasteiger partial charge in [-0.2, -0.15) is 5.10 Å². The van der Waals surface area contributed by atoms with Crippen LogP contribution in [0.4, 0.5) is 5.69 Å². The molecule has 0 bridgehead atoms. The summed E-state index contributed by atoms with van der Waals surface area (Å²) >= 11 is 0. The van der Waals surface area contributed by atoms with Crippen molar-refractivity contribution >= 4 is 5.69 Å². The van der Waals surface area contributed by atoms with Crippen LogP contribution in [-0.4, -0.2) is 25.7 Å². The van der Waals surface area contributed by atoms with Gasteiger partial charge in [0, 0.05) is 24.3 Å². The highest BCUT2D eigenvalue weighted by Crippen LogP contribution is 2.29. The molecular weight excluding hydrogens is 262 g/mol. The first-order valence-corrected chi connectivity index (χ1v) is 7.60. The van der Waals surface area contributed by atoms with Crippen molar-refractivity contribution < 1.29 is 0 Å². The van der Waals surface area contributed by atoms with Crippen molar-refractivity contribution in [3.63, 3.8) is 0 Å². The highest BCUT2D eigenvalue weighted by atomic mass is 15.4. The molecule has 0 saturated heterocycles. The fraction of sp³-hybridized carbons (Fsp3) is 0.500. The normalized spacial score (nSPS) is 15.0. The maximum absolute atomic E-state index is 5.76. The number of anilines is 1. The molecule has 0 atom stereocenters. The van der Waals surface area contributed by atoms with Crippen LogP contribution in [0.15, 0.2) is 30.6 Å². The van der Waals surface area contributed by atoms with E-state index in [4.69, 9.17) is 5.73 Å². The summed E-state index contributed by atoms with van der Waals surface area (Å²) in [6, 6.07) is 9.18. The Kier molecular flexibility index (Phi) is 3.92. The zero-order valence-electron chi connectivity index (χ0n) is 12.7. The van der Waals surface area contributed by atoms with E-state index in [1.54, 1.807) is 6.33 Å². The Labute approximate surface area is 125 Å². The lowest BCUT2D eigenvalue weighted by Crippen LogP contribution is -2.27. The number of hydrogen-bond donors (Lipinski definition) is 1. The Balaban J connectivity index is 1.73. The van der Waals surface area contributed by atoms with Crippen molar-refractivity contribution in [3.8, 4) is 0 Å². The van der Waals surface area contributed by atoms with E-state index in [0.29, 0.717) is 12.1 Å². The first-order chi connectivity index (χ1) is 10.1. The topological polar surface area (TPSA) is 60.0 Å². The van der Waals surface area contributed by atoms with E-state index in [-0.39, 0.29) is 0 Å². The molecule has 0 unspecified atom stereocenters. The number of benzene rings is 1. The summed E-state index contributed by atoms with van der Waals surface area (Å²) in [4.78, 5) is 6.93. The Hall–Kier alpha value is -1.88. The van der Waals surface area contributed by atoms with Crippen LogP contribution >= 0.6 is 0 Å². The molecule has 5 heteroatoms. The summed E-state index contributed by atoms with van der Waals surface area (Å²) in [5, 5.41) is 4.33. The molecule has 1 aliphatic carbocycles. The van der Waals surface area contributed by atoms with Gasteiger partial charge in [0.15, 0.2) is 0 Å². The second-order valence-electron chi connectivity index (χ2n) is 6.09. The number of nitrogens with two attached hydrogens (primary N) is 1. The Bertz CT molecular complexity index is 583. The fourth-order valence-corrected chi connectivity index (χ4v) is 2.61. The van der Waals surface area contributed by atoms with Crippen LogP contribution in [0.25, 0.3) is 0 Å². The predicted molar refractivity (Wildman–Crippen MR) is 83.5 cm³/mol. The second-order valence-corrected chi connectivity index (χ2v) is 6.09. The van der Waals surface area contributed by atoms with Crippen LogP contribution < -0.4 is 5.73 Å². The second kappa shape index (κ2) is 5.85. The van der Waals surface area contributed by atoms with Gasteiger partial charge in [-0.3, -0.25) is 4.90 Å². The van der Waals surface area contributed by atoms with Crippen LogP contribution in [0.2, 0.25) is 0 Å². The molecule has 21 heavy (non-hydrogen) atoms. The lowest BCUT2D eigenvalue weighted by atomic mass is 10.2. The van der Waals surface area contributed by atoms with Gasteiger partial charge in [-0.15, -0.1) is 0 Å². The molecule has 0 spiro atoms. The Morgan fingerprint density at radius 2 is 1.95 bits per heavy atom. The fourth-order valence-electron chi connectivity index (χ4n) is 2.61. The molecule has 1 heterocycles. The minimum Gasteiger partial charge on any atom is -0.399 e. The first-order valence-electron chi connectivity index (χ1n) is 7.60. The molecule has 1 saturated carbocycles. The van der Waals surface area contributed by atoms with Crippen LogP contribution in [0.3, 0.4) is 0 Å². The van der Waals surface area contributed by atoms with Gasteiger partial charge in [0.25, 0.3) is 0 Å². The summed E-state index contributed by atoms with van der Waals surface area (Å²) < 4.78 is 2.01. The molecular formula is C16H23N5. The zero-order chi connectivity index (χ0) is 14.8. The van der Waals surface area contributed by atoms with Crippen molar-refractivity contribution in [2.24, 2.45) is 0 Å². The summed E-state index contributed by atoms with van der Waals surface area (Å²) in [6.07, 6.45) is 4.22. The van der Waals surface area contributed by atoms with Crippen LogP contribution in [0, 0.1) is 0 Å². The minimum atomic E-state index is 0.347. The van der Waals surface area contributed by atoms with E-state index >= 15 is 0 Å². The highest BCUT2D eigenvalue weighted by Gasteiger charge is 2.30. The molecule has 1 aliphatic rings. The largest absolute Gasteiger partial charge is 0.399 e. The Morgan fingerprint density at radius 1 is 1.24 bits per heavy atom. The van der Waals surface area contributed by atoms with Gasteiger partial charge in [-0.1, -0.05) is 12.1 Å². The predicted octanol–water partition coefficient (Wildman–Crippen LogP) is 2.61. The number of hydrogen-bond acceptors (Lipinski definition) is 4. The number of aromatic nitrogens is 3. The summed E-state index contributed by atoms with van der Waals surface area (Å²) in [5.41, 5.74) is 7.87. The average Bonchev–Trinajstić information content (AvgIpc) is 3.20. The van der Waals surface area contributed by atoms with Crippen molar-refractivity contribution in [3.05, 3.63) is 42.0 Å². The van der Waals surface area contributed by atoms with Gasteiger partial charge in [-0.25, -0.2) is 9.67 Å². The molecule has 0 radical (unpaired) electrons. The SMILES string of the molecule is CC(C)n1ncnc1CN(Cc1ccc(N)cc1)C1CC1. The van der Waals surface area contributed by atoms with E-state index in [2.05, 4.69) is 41.0 Å². The molecule has 5 nitrogen and oxygen atoms in total. The van der Waals surface area contributed by atoms with Gasteiger partial charge < -0.3 is 5.73 Å². The molecule has 1 aromatic carbocycles. The molecule has 2 N–H and O–H groups in total. The van der Waals surface area contributed by atoms with Gasteiger partial charge in [0.2, 0.25) is 0 Å². The number of rotatable bonds is 6. The zero-order valence-corrected chi connectivity index (χ0v) is 12.7. The average molecular weight is 285 g/mol. The number of nitrogens with zero attached hydrogens (tertiary/aromatic N) is 4. The molecule has 3 rings (SSSR count). The van der Waals surface area contributed by atoms with E-state index < -0.39 is 0 Å². The van der Waals surface area contributed by atoms with Crippen molar-refractivity contribution in [1.82, 2.24) is 19.7 Å². The molecule has 0 amide bonds. The summed E-state index contributed by atoms with van der Waals surface area (Å²) in [5.74, 6) is 1.05. The molecule has 1 fully saturated rings. The van der Waals surface area contributed by atoms with E-state index in [9.17, 15) is 0 Å². The highest BCUT2D eigenvalue weighted by molar-refractivity contribution is 5.39. The molecule has 2 aromatic rings. The van der Waals surface area contributed by atoms with Crippen molar-refractivity contribution in [2.75, 3.05) is 5.73 Å². The third kappa shape index (κ3) is 3.42. The third-order valence-corrected chi connectivity index (χ3v) is 3.91. The molecule has 0 aliphatic heterocycles. The lowest BCUT2D eigenvalue weighted by molar-refractivity contribution is 0.232. The van der Waals surface area contributed by atoms with E-state index in [0.717, 1.165) is 24.6 Å². The van der Waals surface area contributed by atoms with Gasteiger partial charge in [-0.05, 0) is 44.4 Å². The first kappa shape index (κ1) is 14.1. The molecule has 112 valence electrons. The lowest BCUT2D eigenvalue weighted by Gasteiger charge is -2.22. The van der Waals surface area contributed by atoms with Gasteiger partial charge in [0.05, 0.1) is 6.54 Å². The minimum absolute atomic E-state index is 0.347. The Morgan fingerprint density at radius 3 is 2.57 bits per heavy atom. The maximum Gasteiger partial charge on any atom is 0.141 e. The van der Waals surface area contributed by atoms with Crippen molar-refractivity contribution in [2.45, 2.75) is 51.9 Å². The van der Waals surface area contributed by atoms with E-state index in [1.165, 1.54) is 18.4 Å². The summed E-state index contributed by atoms with van der Waals surface area (Å²) in [7, 11) is 0. The summed E-state index contributed by atoms with van der Waals surface area (Å²) in [6.45, 7) is 6.07. The van der Waals surface area contributed by atoms with Crippen LogP contribution in [-0.2, 0) is 13.1 Å². The maximum atomic E-state index is 5.76. The molecule has 1 aromatic heterocycles. The monoisotopic (exact) mass is 285 g/mol. The van der Waals surface area contributed by atoms with Crippen molar-refractivity contribution in [1.29, 1.82) is 0 Å². The quantitative estimate of drug-likeness (QED) is 0.829. The smallest absolute Gasteiger partial charge is 0.141 e. The number of nitrogen functional groups attached to an aromatic ring is 1.